The van der Waals surface area contributed by atoms with Gasteiger partial charge in [0.25, 0.3) is 0 Å². The highest BCUT2D eigenvalue weighted by Gasteiger charge is 2.35. The molecule has 2 aliphatic heterocycles. The first-order valence-corrected chi connectivity index (χ1v) is 7.46. The Kier molecular flexibility index (Phi) is 3.50. The fraction of sp³-hybridized carbons (Fsp3) is 0.625. The lowest BCUT2D eigenvalue weighted by molar-refractivity contribution is 0.181. The number of fused-ring (bicyclic) bond motifs is 2. The molecule has 2 N–H and O–H groups in total. The molecule has 3 heteroatoms. The van der Waals surface area contributed by atoms with E-state index in [1.165, 1.54) is 37.9 Å². The highest BCUT2D eigenvalue weighted by Crippen LogP contribution is 2.32. The molecule has 2 heterocycles. The van der Waals surface area contributed by atoms with Gasteiger partial charge in [-0.1, -0.05) is 12.1 Å². The molecule has 1 aromatic carbocycles. The number of likely N-dealkylation sites (N-methyl/N-ethyl adjacent to an activating group) is 1. The molecule has 2 saturated heterocycles. The Labute approximate surface area is 116 Å². The predicted molar refractivity (Wildman–Crippen MR) is 80.0 cm³/mol. The van der Waals surface area contributed by atoms with Crippen molar-refractivity contribution in [3.63, 3.8) is 0 Å². The van der Waals surface area contributed by atoms with E-state index in [2.05, 4.69) is 42.0 Å². The summed E-state index contributed by atoms with van der Waals surface area (Å²) in [6.07, 6.45) is 4.06. The van der Waals surface area contributed by atoms with E-state index in [9.17, 15) is 0 Å². The van der Waals surface area contributed by atoms with Gasteiger partial charge in [0.1, 0.15) is 0 Å². The van der Waals surface area contributed by atoms with Crippen molar-refractivity contribution in [2.45, 2.75) is 44.3 Å². The van der Waals surface area contributed by atoms with Crippen LogP contribution < -0.4 is 5.73 Å². The summed E-state index contributed by atoms with van der Waals surface area (Å²) in [5.41, 5.74) is 8.13. The van der Waals surface area contributed by atoms with Gasteiger partial charge in [-0.15, -0.1) is 0 Å². The fourth-order valence-corrected chi connectivity index (χ4v) is 3.72. The molecule has 2 aliphatic rings. The first-order chi connectivity index (χ1) is 9.15. The summed E-state index contributed by atoms with van der Waals surface area (Å²) in [4.78, 5) is 5.24. The molecule has 0 aliphatic carbocycles. The molecule has 3 atom stereocenters. The van der Waals surface area contributed by atoms with Crippen molar-refractivity contribution in [2.75, 3.05) is 25.9 Å². The molecule has 2 fully saturated rings. The van der Waals surface area contributed by atoms with Crippen LogP contribution in [-0.2, 0) is 0 Å². The summed E-state index contributed by atoms with van der Waals surface area (Å²) in [6, 6.07) is 10.4. The highest BCUT2D eigenvalue weighted by atomic mass is 15.3. The van der Waals surface area contributed by atoms with Crippen LogP contribution in [0.2, 0.25) is 0 Å². The molecule has 3 unspecified atom stereocenters. The molecular weight excluding hydrogens is 234 g/mol. The number of nitrogen functional groups attached to an aromatic ring is 1. The number of hydrogen-bond donors (Lipinski definition) is 1. The third-order valence-corrected chi connectivity index (χ3v) is 5.12. The molecule has 19 heavy (non-hydrogen) atoms. The van der Waals surface area contributed by atoms with Gasteiger partial charge in [0.15, 0.2) is 0 Å². The van der Waals surface area contributed by atoms with Crippen molar-refractivity contribution in [1.82, 2.24) is 9.80 Å². The van der Waals surface area contributed by atoms with E-state index >= 15 is 0 Å². The third-order valence-electron chi connectivity index (χ3n) is 5.12. The molecule has 104 valence electrons. The zero-order valence-corrected chi connectivity index (χ0v) is 12.0. The van der Waals surface area contributed by atoms with E-state index in [0.29, 0.717) is 6.04 Å². The SMILES string of the molecule is CC(c1cccc(N)c1)N1CCC2CCC(C1)N2C. The number of rotatable bonds is 2. The lowest BCUT2D eigenvalue weighted by Crippen LogP contribution is -2.37. The summed E-state index contributed by atoms with van der Waals surface area (Å²) in [7, 11) is 2.30. The second-order valence-corrected chi connectivity index (χ2v) is 6.18. The minimum absolute atomic E-state index is 0.469. The minimum Gasteiger partial charge on any atom is -0.399 e. The van der Waals surface area contributed by atoms with Gasteiger partial charge in [0.05, 0.1) is 0 Å². The highest BCUT2D eigenvalue weighted by molar-refractivity contribution is 5.41. The van der Waals surface area contributed by atoms with E-state index < -0.39 is 0 Å². The van der Waals surface area contributed by atoms with Gasteiger partial charge >= 0.3 is 0 Å². The molecular formula is C16H25N3. The summed E-state index contributed by atoms with van der Waals surface area (Å²) < 4.78 is 0. The van der Waals surface area contributed by atoms with Gasteiger partial charge in [-0.2, -0.15) is 0 Å². The number of hydrogen-bond acceptors (Lipinski definition) is 3. The fourth-order valence-electron chi connectivity index (χ4n) is 3.72. The van der Waals surface area contributed by atoms with E-state index in [1.807, 2.05) is 6.07 Å². The molecule has 0 radical (unpaired) electrons. The second kappa shape index (κ2) is 5.14. The summed E-state index contributed by atoms with van der Waals surface area (Å²) in [5.74, 6) is 0. The molecule has 1 aromatic rings. The van der Waals surface area contributed by atoms with E-state index in [4.69, 9.17) is 5.73 Å². The maximum Gasteiger partial charge on any atom is 0.0321 e. The summed E-state index contributed by atoms with van der Waals surface area (Å²) >= 11 is 0. The summed E-state index contributed by atoms with van der Waals surface area (Å²) in [5, 5.41) is 0. The van der Waals surface area contributed by atoms with Gasteiger partial charge in [-0.3, -0.25) is 9.80 Å². The second-order valence-electron chi connectivity index (χ2n) is 6.18. The van der Waals surface area contributed by atoms with Crippen molar-refractivity contribution in [3.8, 4) is 0 Å². The molecule has 0 spiro atoms. The zero-order chi connectivity index (χ0) is 13.4. The van der Waals surface area contributed by atoms with Gasteiger partial charge in [-0.05, 0) is 50.9 Å². The van der Waals surface area contributed by atoms with E-state index in [0.717, 1.165) is 17.8 Å². The smallest absolute Gasteiger partial charge is 0.0321 e. The van der Waals surface area contributed by atoms with Crippen LogP contribution in [0.1, 0.15) is 37.8 Å². The topological polar surface area (TPSA) is 32.5 Å². The van der Waals surface area contributed by atoms with Crippen molar-refractivity contribution < 1.29 is 0 Å². The van der Waals surface area contributed by atoms with Crippen LogP contribution in [0, 0.1) is 0 Å². The third kappa shape index (κ3) is 2.49. The summed E-state index contributed by atoms with van der Waals surface area (Å²) in [6.45, 7) is 4.72. The van der Waals surface area contributed by atoms with Gasteiger partial charge in [-0.25, -0.2) is 0 Å². The number of benzene rings is 1. The van der Waals surface area contributed by atoms with Gasteiger partial charge in [0.2, 0.25) is 0 Å². The lowest BCUT2D eigenvalue weighted by Gasteiger charge is -2.31. The Balaban J connectivity index is 1.75. The monoisotopic (exact) mass is 259 g/mol. The van der Waals surface area contributed by atoms with E-state index in [1.54, 1.807) is 0 Å². The first-order valence-electron chi connectivity index (χ1n) is 7.46. The number of nitrogens with two attached hydrogens (primary N) is 1. The molecule has 3 rings (SSSR count). The quantitative estimate of drug-likeness (QED) is 0.828. The van der Waals surface area contributed by atoms with Crippen molar-refractivity contribution in [1.29, 1.82) is 0 Å². The van der Waals surface area contributed by atoms with Crippen molar-refractivity contribution in [3.05, 3.63) is 29.8 Å². The molecule has 3 nitrogen and oxygen atoms in total. The Bertz CT molecular complexity index is 445. The predicted octanol–water partition coefficient (Wildman–Crippen LogP) is 2.50. The van der Waals surface area contributed by atoms with Crippen molar-refractivity contribution >= 4 is 5.69 Å². The standard InChI is InChI=1S/C16H25N3/c1-12(13-4-3-5-14(17)10-13)19-9-8-15-6-7-16(11-19)18(15)2/h3-5,10,12,15-16H,6-9,11,17H2,1-2H3. The molecule has 0 amide bonds. The number of nitrogens with zero attached hydrogens (tertiary/aromatic N) is 2. The van der Waals surface area contributed by atoms with Crippen LogP contribution in [0.15, 0.2) is 24.3 Å². The van der Waals surface area contributed by atoms with Crippen LogP contribution in [0.4, 0.5) is 5.69 Å². The van der Waals surface area contributed by atoms with Crippen LogP contribution in [-0.4, -0.2) is 42.0 Å². The number of anilines is 1. The van der Waals surface area contributed by atoms with Gasteiger partial charge < -0.3 is 5.73 Å². The molecule has 0 aromatic heterocycles. The minimum atomic E-state index is 0.469. The van der Waals surface area contributed by atoms with Crippen LogP contribution in [0.5, 0.6) is 0 Å². The van der Waals surface area contributed by atoms with Crippen LogP contribution in [0.25, 0.3) is 0 Å². The number of likely N-dealkylation sites (tertiary alicyclic amines) is 1. The van der Waals surface area contributed by atoms with Crippen LogP contribution >= 0.6 is 0 Å². The Morgan fingerprint density at radius 1 is 1.21 bits per heavy atom. The maximum atomic E-state index is 5.91. The van der Waals surface area contributed by atoms with E-state index in [-0.39, 0.29) is 0 Å². The Morgan fingerprint density at radius 2 is 2.00 bits per heavy atom. The Hall–Kier alpha value is -1.06. The largest absolute Gasteiger partial charge is 0.399 e. The zero-order valence-electron chi connectivity index (χ0n) is 12.0. The van der Waals surface area contributed by atoms with Gasteiger partial charge in [0, 0.05) is 36.9 Å². The normalized spacial score (nSPS) is 30.2. The van der Waals surface area contributed by atoms with Crippen molar-refractivity contribution in [2.24, 2.45) is 0 Å². The maximum absolute atomic E-state index is 5.91. The van der Waals surface area contributed by atoms with Crippen LogP contribution in [0.3, 0.4) is 0 Å². The Morgan fingerprint density at radius 3 is 2.79 bits per heavy atom. The average Bonchev–Trinajstić information content (AvgIpc) is 2.62. The molecule has 0 saturated carbocycles. The lowest BCUT2D eigenvalue weighted by atomic mass is 10.0. The average molecular weight is 259 g/mol. The first kappa shape index (κ1) is 12.9. The molecule has 2 bridgehead atoms.